The van der Waals surface area contributed by atoms with Gasteiger partial charge < -0.3 is 5.73 Å². The largest absolute Gasteiger partial charge is 0.383 e. The fraction of sp³-hybridized carbons (Fsp3) is 0.133. The Morgan fingerprint density at radius 2 is 2.05 bits per heavy atom. The van der Waals surface area contributed by atoms with E-state index >= 15 is 0 Å². The number of benzene rings is 1. The second kappa shape index (κ2) is 4.96. The Balaban J connectivity index is 2.24. The molecule has 0 radical (unpaired) electrons. The summed E-state index contributed by atoms with van der Waals surface area (Å²) in [6.07, 6.45) is 0. The lowest BCUT2D eigenvalue weighted by molar-refractivity contribution is 0.783. The Kier molecular flexibility index (Phi) is 3.28. The highest BCUT2D eigenvalue weighted by atomic mass is 35.5. The second-order valence-electron chi connectivity index (χ2n) is 4.65. The molecule has 0 atom stereocenters. The van der Waals surface area contributed by atoms with E-state index in [1.165, 1.54) is 4.88 Å². The number of anilines is 1. The number of nitrogens with zero attached hydrogens (tertiary/aromatic N) is 2. The summed E-state index contributed by atoms with van der Waals surface area (Å²) in [5.74, 6) is 0.647. The number of rotatable bonds is 2. The molecular formula is C15H14ClN3S. The van der Waals surface area contributed by atoms with E-state index in [9.17, 15) is 0 Å². The van der Waals surface area contributed by atoms with Gasteiger partial charge in [0.05, 0.1) is 10.4 Å². The van der Waals surface area contributed by atoms with Gasteiger partial charge >= 0.3 is 0 Å². The van der Waals surface area contributed by atoms with Crippen molar-refractivity contribution in [1.29, 1.82) is 0 Å². The molecule has 102 valence electrons. The summed E-state index contributed by atoms with van der Waals surface area (Å²) in [5, 5.41) is 5.25. The minimum atomic E-state index is 0.647. The third kappa shape index (κ3) is 2.21. The number of aromatic nitrogens is 2. The molecule has 3 nitrogen and oxygen atoms in total. The molecule has 0 bridgehead atoms. The Morgan fingerprint density at radius 3 is 2.70 bits per heavy atom. The highest BCUT2D eigenvalue weighted by Crippen LogP contribution is 2.39. The van der Waals surface area contributed by atoms with E-state index in [-0.39, 0.29) is 0 Å². The lowest BCUT2D eigenvalue weighted by atomic mass is 10.0. The van der Waals surface area contributed by atoms with E-state index in [1.54, 1.807) is 16.0 Å². The van der Waals surface area contributed by atoms with Gasteiger partial charge in [-0.25, -0.2) is 0 Å². The van der Waals surface area contributed by atoms with Gasteiger partial charge in [0.2, 0.25) is 0 Å². The predicted molar refractivity (Wildman–Crippen MR) is 86.1 cm³/mol. The first-order valence-electron chi connectivity index (χ1n) is 6.21. The molecule has 3 rings (SSSR count). The van der Waals surface area contributed by atoms with Crippen LogP contribution < -0.4 is 5.73 Å². The van der Waals surface area contributed by atoms with Crippen molar-refractivity contribution in [3.05, 3.63) is 46.3 Å². The van der Waals surface area contributed by atoms with Crippen LogP contribution in [0.3, 0.4) is 0 Å². The molecule has 0 aliphatic rings. The van der Waals surface area contributed by atoms with E-state index in [1.807, 2.05) is 31.3 Å². The third-order valence-electron chi connectivity index (χ3n) is 3.18. The number of nitrogen functional groups attached to an aromatic ring is 1. The third-order valence-corrected chi connectivity index (χ3v) is 4.42. The standard InChI is InChI=1S/C15H14ClN3S/c1-9-6-7-12(20-9)14-13(15(17)19(2)18-14)10-4-3-5-11(16)8-10/h3-8H,17H2,1-2H3. The molecule has 2 N–H and O–H groups in total. The maximum Gasteiger partial charge on any atom is 0.129 e. The van der Waals surface area contributed by atoms with Gasteiger partial charge in [-0.05, 0) is 36.8 Å². The molecule has 2 aromatic heterocycles. The van der Waals surface area contributed by atoms with Crippen molar-refractivity contribution in [1.82, 2.24) is 9.78 Å². The predicted octanol–water partition coefficient (Wildman–Crippen LogP) is 4.36. The van der Waals surface area contributed by atoms with Crippen LogP contribution in [0.1, 0.15) is 4.88 Å². The molecule has 0 amide bonds. The quantitative estimate of drug-likeness (QED) is 0.764. The summed E-state index contributed by atoms with van der Waals surface area (Å²) in [7, 11) is 1.85. The molecule has 20 heavy (non-hydrogen) atoms. The van der Waals surface area contributed by atoms with Crippen LogP contribution >= 0.6 is 22.9 Å². The highest BCUT2D eigenvalue weighted by Gasteiger charge is 2.18. The molecule has 0 aliphatic heterocycles. The Morgan fingerprint density at radius 1 is 1.25 bits per heavy atom. The van der Waals surface area contributed by atoms with Crippen LogP contribution in [-0.2, 0) is 7.05 Å². The topological polar surface area (TPSA) is 43.8 Å². The van der Waals surface area contributed by atoms with Gasteiger partial charge in [0.1, 0.15) is 11.5 Å². The molecule has 0 aliphatic carbocycles. The molecular weight excluding hydrogens is 290 g/mol. The zero-order valence-electron chi connectivity index (χ0n) is 11.2. The van der Waals surface area contributed by atoms with Gasteiger partial charge in [-0.2, -0.15) is 5.10 Å². The van der Waals surface area contributed by atoms with Gasteiger partial charge in [-0.1, -0.05) is 23.7 Å². The van der Waals surface area contributed by atoms with Gasteiger partial charge in [0.15, 0.2) is 0 Å². The van der Waals surface area contributed by atoms with Crippen LogP contribution in [0.25, 0.3) is 21.7 Å². The second-order valence-corrected chi connectivity index (χ2v) is 6.38. The van der Waals surface area contributed by atoms with Gasteiger partial charge in [-0.15, -0.1) is 11.3 Å². The summed E-state index contributed by atoms with van der Waals surface area (Å²) in [5.41, 5.74) is 9.03. The number of hydrogen-bond donors (Lipinski definition) is 1. The summed E-state index contributed by atoms with van der Waals surface area (Å²) >= 11 is 7.80. The lowest BCUT2D eigenvalue weighted by Gasteiger charge is -2.03. The van der Waals surface area contributed by atoms with Gasteiger partial charge in [0, 0.05) is 16.9 Å². The van der Waals surface area contributed by atoms with Crippen LogP contribution in [0.4, 0.5) is 5.82 Å². The monoisotopic (exact) mass is 303 g/mol. The zero-order valence-corrected chi connectivity index (χ0v) is 12.8. The summed E-state index contributed by atoms with van der Waals surface area (Å²) in [4.78, 5) is 2.37. The first-order valence-corrected chi connectivity index (χ1v) is 7.41. The van der Waals surface area contributed by atoms with Crippen molar-refractivity contribution < 1.29 is 0 Å². The SMILES string of the molecule is Cc1ccc(-c2nn(C)c(N)c2-c2cccc(Cl)c2)s1. The maximum absolute atomic E-state index is 6.19. The summed E-state index contributed by atoms with van der Waals surface area (Å²) < 4.78 is 1.71. The van der Waals surface area contributed by atoms with E-state index in [0.717, 1.165) is 21.7 Å². The lowest BCUT2D eigenvalue weighted by Crippen LogP contribution is -1.97. The van der Waals surface area contributed by atoms with Crippen molar-refractivity contribution in [3.63, 3.8) is 0 Å². The van der Waals surface area contributed by atoms with Crippen LogP contribution in [-0.4, -0.2) is 9.78 Å². The molecule has 0 spiro atoms. The van der Waals surface area contributed by atoms with Gasteiger partial charge in [-0.3, -0.25) is 4.68 Å². The summed E-state index contributed by atoms with van der Waals surface area (Å²) in [6.45, 7) is 2.08. The Labute approximate surface area is 126 Å². The summed E-state index contributed by atoms with van der Waals surface area (Å²) in [6, 6.07) is 11.9. The molecule has 0 unspecified atom stereocenters. The molecule has 5 heteroatoms. The number of hydrogen-bond acceptors (Lipinski definition) is 3. The molecule has 0 saturated carbocycles. The molecule has 0 saturated heterocycles. The van der Waals surface area contributed by atoms with Crippen molar-refractivity contribution >= 4 is 28.8 Å². The van der Waals surface area contributed by atoms with Gasteiger partial charge in [0.25, 0.3) is 0 Å². The first-order chi connectivity index (χ1) is 9.56. The normalized spacial score (nSPS) is 10.9. The van der Waals surface area contributed by atoms with Crippen LogP contribution in [0.5, 0.6) is 0 Å². The molecule has 3 aromatic rings. The van der Waals surface area contributed by atoms with Crippen LogP contribution in [0.2, 0.25) is 5.02 Å². The Bertz CT molecular complexity index is 773. The zero-order chi connectivity index (χ0) is 14.3. The van der Waals surface area contributed by atoms with E-state index in [2.05, 4.69) is 24.2 Å². The first kappa shape index (κ1) is 13.2. The van der Waals surface area contributed by atoms with E-state index in [0.29, 0.717) is 10.8 Å². The molecule has 2 heterocycles. The molecule has 1 aromatic carbocycles. The number of halogens is 1. The minimum absolute atomic E-state index is 0.647. The van der Waals surface area contributed by atoms with Crippen molar-refractivity contribution in [2.45, 2.75) is 6.92 Å². The average Bonchev–Trinajstić information content (AvgIpc) is 2.95. The van der Waals surface area contributed by atoms with Crippen molar-refractivity contribution in [3.8, 4) is 21.7 Å². The smallest absolute Gasteiger partial charge is 0.129 e. The fourth-order valence-corrected chi connectivity index (χ4v) is 3.25. The Hall–Kier alpha value is -1.78. The van der Waals surface area contributed by atoms with Crippen LogP contribution in [0, 0.1) is 6.92 Å². The number of aryl methyl sites for hydroxylation is 2. The van der Waals surface area contributed by atoms with Crippen molar-refractivity contribution in [2.24, 2.45) is 7.05 Å². The molecule has 0 fully saturated rings. The van der Waals surface area contributed by atoms with E-state index < -0.39 is 0 Å². The van der Waals surface area contributed by atoms with E-state index in [4.69, 9.17) is 17.3 Å². The fourth-order valence-electron chi connectivity index (χ4n) is 2.20. The van der Waals surface area contributed by atoms with Crippen LogP contribution in [0.15, 0.2) is 36.4 Å². The van der Waals surface area contributed by atoms with Crippen molar-refractivity contribution in [2.75, 3.05) is 5.73 Å². The number of thiophene rings is 1. The highest BCUT2D eigenvalue weighted by molar-refractivity contribution is 7.15. The maximum atomic E-state index is 6.19. The number of nitrogens with two attached hydrogens (primary N) is 1. The minimum Gasteiger partial charge on any atom is -0.383 e. The average molecular weight is 304 g/mol.